The molecule has 0 radical (unpaired) electrons. The molecule has 3 N–H and O–H groups in total. The number of benzene rings is 1. The first-order valence-corrected chi connectivity index (χ1v) is 6.78. The second-order valence-corrected chi connectivity index (χ2v) is 4.07. The van der Waals surface area contributed by atoms with Crippen molar-refractivity contribution in [1.29, 1.82) is 0 Å². The molecule has 8 nitrogen and oxygen atoms in total. The molecule has 1 aromatic rings. The van der Waals surface area contributed by atoms with Crippen LogP contribution in [0.5, 0.6) is 11.5 Å². The van der Waals surface area contributed by atoms with Crippen LogP contribution in [0.2, 0.25) is 0 Å². The van der Waals surface area contributed by atoms with Crippen LogP contribution >= 0.6 is 0 Å². The third-order valence-corrected chi connectivity index (χ3v) is 2.62. The lowest BCUT2D eigenvalue weighted by atomic mass is 10.2. The van der Waals surface area contributed by atoms with Gasteiger partial charge in [0.05, 0.1) is 20.8 Å². The predicted molar refractivity (Wildman–Crippen MR) is 81.6 cm³/mol. The molecule has 0 bridgehead atoms. The monoisotopic (exact) mass is 311 g/mol. The number of carbonyl (C=O) groups excluding carboxylic acids is 2. The van der Waals surface area contributed by atoms with E-state index in [4.69, 9.17) is 14.2 Å². The first-order valence-electron chi connectivity index (χ1n) is 6.78. The van der Waals surface area contributed by atoms with Gasteiger partial charge in [-0.05, 0) is 19.1 Å². The van der Waals surface area contributed by atoms with Crippen LogP contribution in [0.25, 0.3) is 0 Å². The molecule has 122 valence electrons. The summed E-state index contributed by atoms with van der Waals surface area (Å²) in [4.78, 5) is 22.9. The van der Waals surface area contributed by atoms with Crippen LogP contribution in [0.15, 0.2) is 18.2 Å². The first kappa shape index (κ1) is 17.4. The lowest BCUT2D eigenvalue weighted by Gasteiger charge is -2.14. The molecule has 0 aliphatic rings. The van der Waals surface area contributed by atoms with Gasteiger partial charge >= 0.3 is 12.1 Å². The van der Waals surface area contributed by atoms with E-state index in [-0.39, 0.29) is 13.1 Å². The Morgan fingerprint density at radius 1 is 1.05 bits per heavy atom. The number of hydrogen-bond acceptors (Lipinski definition) is 5. The molecule has 1 rings (SSSR count). The zero-order valence-corrected chi connectivity index (χ0v) is 12.9. The lowest BCUT2D eigenvalue weighted by Crippen LogP contribution is -2.37. The van der Waals surface area contributed by atoms with Crippen LogP contribution in [0.3, 0.4) is 0 Å². The Hall–Kier alpha value is -2.64. The van der Waals surface area contributed by atoms with Gasteiger partial charge in [-0.1, -0.05) is 6.07 Å². The number of amides is 3. The zero-order valence-electron chi connectivity index (χ0n) is 12.9. The van der Waals surface area contributed by atoms with Gasteiger partial charge in [-0.25, -0.2) is 9.59 Å². The van der Waals surface area contributed by atoms with E-state index in [1.807, 2.05) is 0 Å². The van der Waals surface area contributed by atoms with Gasteiger partial charge < -0.3 is 30.2 Å². The molecule has 1 aromatic carbocycles. The van der Waals surface area contributed by atoms with Crippen molar-refractivity contribution < 1.29 is 23.8 Å². The van der Waals surface area contributed by atoms with E-state index in [2.05, 4.69) is 16.0 Å². The van der Waals surface area contributed by atoms with Crippen LogP contribution in [0.4, 0.5) is 15.3 Å². The maximum Gasteiger partial charge on any atom is 0.407 e. The van der Waals surface area contributed by atoms with Crippen molar-refractivity contribution in [3.8, 4) is 11.5 Å². The number of rotatable bonds is 7. The molecule has 0 saturated heterocycles. The van der Waals surface area contributed by atoms with Gasteiger partial charge in [-0.3, -0.25) is 0 Å². The summed E-state index contributed by atoms with van der Waals surface area (Å²) >= 11 is 0. The predicted octanol–water partition coefficient (Wildman–Crippen LogP) is 1.57. The Kier molecular flexibility index (Phi) is 7.38. The average molecular weight is 311 g/mol. The van der Waals surface area contributed by atoms with Crippen LogP contribution in [-0.2, 0) is 4.74 Å². The van der Waals surface area contributed by atoms with Crippen LogP contribution in [-0.4, -0.2) is 46.0 Å². The molecule has 22 heavy (non-hydrogen) atoms. The van der Waals surface area contributed by atoms with E-state index in [9.17, 15) is 9.59 Å². The highest BCUT2D eigenvalue weighted by Crippen LogP contribution is 2.33. The minimum Gasteiger partial charge on any atom is -0.494 e. The molecular weight excluding hydrogens is 290 g/mol. The Balaban J connectivity index is 2.47. The van der Waals surface area contributed by atoms with Gasteiger partial charge in [0.15, 0.2) is 0 Å². The summed E-state index contributed by atoms with van der Waals surface area (Å²) in [5, 5.41) is 7.74. The molecule has 0 spiro atoms. The minimum absolute atomic E-state index is 0.252. The second kappa shape index (κ2) is 9.32. The summed E-state index contributed by atoms with van der Waals surface area (Å²) in [5.74, 6) is 0.971. The maximum absolute atomic E-state index is 11.8. The number of para-hydroxylation sites is 1. The maximum atomic E-state index is 11.8. The first-order chi connectivity index (χ1) is 10.6. The molecule has 0 aliphatic heterocycles. The molecule has 0 saturated carbocycles. The number of alkyl carbamates (subject to hydrolysis) is 1. The number of urea groups is 1. The number of ether oxygens (including phenoxy) is 3. The largest absolute Gasteiger partial charge is 0.494 e. The minimum atomic E-state index is -0.517. The molecule has 0 aromatic heterocycles. The van der Waals surface area contributed by atoms with Gasteiger partial charge in [0.25, 0.3) is 0 Å². The van der Waals surface area contributed by atoms with Crippen molar-refractivity contribution in [2.75, 3.05) is 39.2 Å². The fourth-order valence-electron chi connectivity index (χ4n) is 1.65. The van der Waals surface area contributed by atoms with Crippen molar-refractivity contribution in [2.45, 2.75) is 6.92 Å². The van der Waals surface area contributed by atoms with Crippen molar-refractivity contribution in [3.63, 3.8) is 0 Å². The number of hydrogen-bond donors (Lipinski definition) is 3. The van der Waals surface area contributed by atoms with Crippen LogP contribution in [0, 0.1) is 0 Å². The second-order valence-electron chi connectivity index (χ2n) is 4.07. The summed E-state index contributed by atoms with van der Waals surface area (Å²) in [6.07, 6.45) is -0.517. The van der Waals surface area contributed by atoms with Crippen molar-refractivity contribution in [1.82, 2.24) is 10.6 Å². The molecule has 3 amide bonds. The van der Waals surface area contributed by atoms with E-state index in [1.165, 1.54) is 14.2 Å². The van der Waals surface area contributed by atoms with Gasteiger partial charge in [-0.15, -0.1) is 0 Å². The molecule has 8 heteroatoms. The van der Waals surface area contributed by atoms with E-state index in [0.29, 0.717) is 23.8 Å². The van der Waals surface area contributed by atoms with Crippen LogP contribution < -0.4 is 25.4 Å². The zero-order chi connectivity index (χ0) is 16.4. The van der Waals surface area contributed by atoms with E-state index in [1.54, 1.807) is 25.1 Å². The third kappa shape index (κ3) is 5.39. The normalized spacial score (nSPS) is 9.59. The summed E-state index contributed by atoms with van der Waals surface area (Å²) in [6, 6.07) is 4.73. The Morgan fingerprint density at radius 3 is 2.18 bits per heavy atom. The number of anilines is 1. The summed E-state index contributed by atoms with van der Waals surface area (Å²) < 4.78 is 15.0. The van der Waals surface area contributed by atoms with Gasteiger partial charge in [0.1, 0.15) is 17.2 Å². The topological polar surface area (TPSA) is 97.9 Å². The lowest BCUT2D eigenvalue weighted by molar-refractivity contribution is 0.152. The molecular formula is C14H21N3O5. The Morgan fingerprint density at radius 2 is 1.64 bits per heavy atom. The Labute approximate surface area is 129 Å². The summed E-state index contributed by atoms with van der Waals surface area (Å²) in [5.41, 5.74) is 0.434. The number of nitrogens with one attached hydrogen (secondary N) is 3. The number of carbonyl (C=O) groups is 2. The summed E-state index contributed by atoms with van der Waals surface area (Å²) in [6.45, 7) is 2.52. The van der Waals surface area contributed by atoms with Crippen LogP contribution in [0.1, 0.15) is 6.92 Å². The molecule has 0 aliphatic carbocycles. The molecule has 0 unspecified atom stereocenters. The van der Waals surface area contributed by atoms with E-state index in [0.717, 1.165) is 0 Å². The number of methoxy groups -OCH3 is 2. The summed E-state index contributed by atoms with van der Waals surface area (Å²) in [7, 11) is 3.00. The van der Waals surface area contributed by atoms with Crippen molar-refractivity contribution in [2.24, 2.45) is 0 Å². The molecule has 0 fully saturated rings. The quantitative estimate of drug-likeness (QED) is 0.664. The van der Waals surface area contributed by atoms with Gasteiger partial charge in [0, 0.05) is 13.1 Å². The molecule has 0 atom stereocenters. The third-order valence-electron chi connectivity index (χ3n) is 2.62. The standard InChI is InChI=1S/C14H21N3O5/c1-4-22-14(19)16-9-8-15-13(18)17-12-10(20-2)6-5-7-11(12)21-3/h5-7H,4,8-9H2,1-3H3,(H,16,19)(H2,15,17,18). The van der Waals surface area contributed by atoms with Crippen molar-refractivity contribution in [3.05, 3.63) is 18.2 Å². The highest BCUT2D eigenvalue weighted by Gasteiger charge is 2.12. The smallest absolute Gasteiger partial charge is 0.407 e. The average Bonchev–Trinajstić information content (AvgIpc) is 2.52. The van der Waals surface area contributed by atoms with Gasteiger partial charge in [0.2, 0.25) is 0 Å². The van der Waals surface area contributed by atoms with E-state index >= 15 is 0 Å². The Bertz CT molecular complexity index is 485. The van der Waals surface area contributed by atoms with E-state index < -0.39 is 12.1 Å². The molecule has 0 heterocycles. The highest BCUT2D eigenvalue weighted by atomic mass is 16.5. The fraction of sp³-hybridized carbons (Fsp3) is 0.429. The van der Waals surface area contributed by atoms with Crippen molar-refractivity contribution >= 4 is 17.8 Å². The highest BCUT2D eigenvalue weighted by molar-refractivity contribution is 5.93. The van der Waals surface area contributed by atoms with Gasteiger partial charge in [-0.2, -0.15) is 0 Å². The SMILES string of the molecule is CCOC(=O)NCCNC(=O)Nc1c(OC)cccc1OC. The fourth-order valence-corrected chi connectivity index (χ4v) is 1.65.